The first-order valence-corrected chi connectivity index (χ1v) is 5.58. The molecule has 0 bridgehead atoms. The Morgan fingerprint density at radius 3 is 3.07 bits per heavy atom. The van der Waals surface area contributed by atoms with E-state index in [1.54, 1.807) is 0 Å². The first kappa shape index (κ1) is 10.4. The smallest absolute Gasteiger partial charge is 0.128 e. The van der Waals surface area contributed by atoms with Gasteiger partial charge in [-0.3, -0.25) is 0 Å². The van der Waals surface area contributed by atoms with E-state index in [1.165, 1.54) is 0 Å². The number of rotatable bonds is 2. The molecule has 1 aromatic heterocycles. The van der Waals surface area contributed by atoms with E-state index in [9.17, 15) is 5.11 Å². The topological polar surface area (TPSA) is 36.4 Å². The Labute approximate surface area is 90.8 Å². The Morgan fingerprint density at radius 2 is 2.40 bits per heavy atom. The standard InChI is InChI=1S/C12H18N2O/c1-10-5-7-14(8-11(10)9-15)12-4-2-3-6-13-12/h2-4,6,10-11,15H,5,7-9H2,1H3. The summed E-state index contributed by atoms with van der Waals surface area (Å²) in [7, 11) is 0. The molecule has 0 spiro atoms. The largest absolute Gasteiger partial charge is 0.396 e. The van der Waals surface area contributed by atoms with Gasteiger partial charge in [-0.05, 0) is 24.5 Å². The van der Waals surface area contributed by atoms with Crippen LogP contribution in [0.1, 0.15) is 13.3 Å². The van der Waals surface area contributed by atoms with E-state index < -0.39 is 0 Å². The number of piperidine rings is 1. The van der Waals surface area contributed by atoms with Crippen LogP contribution < -0.4 is 4.90 Å². The normalized spacial score (nSPS) is 26.7. The second kappa shape index (κ2) is 4.62. The zero-order valence-electron chi connectivity index (χ0n) is 9.13. The summed E-state index contributed by atoms with van der Waals surface area (Å²) in [5.41, 5.74) is 0. The lowest BCUT2D eigenvalue weighted by Gasteiger charge is -2.36. The average Bonchev–Trinajstić information content (AvgIpc) is 2.31. The molecule has 1 N–H and O–H groups in total. The summed E-state index contributed by atoms with van der Waals surface area (Å²) in [5.74, 6) is 2.04. The summed E-state index contributed by atoms with van der Waals surface area (Å²) >= 11 is 0. The molecule has 2 rings (SSSR count). The zero-order valence-corrected chi connectivity index (χ0v) is 9.13. The van der Waals surface area contributed by atoms with E-state index >= 15 is 0 Å². The molecule has 82 valence electrons. The maximum Gasteiger partial charge on any atom is 0.128 e. The quantitative estimate of drug-likeness (QED) is 0.797. The van der Waals surface area contributed by atoms with Crippen molar-refractivity contribution in [1.29, 1.82) is 0 Å². The van der Waals surface area contributed by atoms with Crippen LogP contribution in [0.2, 0.25) is 0 Å². The molecule has 1 aliphatic rings. The Hall–Kier alpha value is -1.09. The summed E-state index contributed by atoms with van der Waals surface area (Å²) in [4.78, 5) is 6.61. The molecule has 1 fully saturated rings. The van der Waals surface area contributed by atoms with Crippen molar-refractivity contribution < 1.29 is 5.11 Å². The van der Waals surface area contributed by atoms with Gasteiger partial charge in [-0.1, -0.05) is 13.0 Å². The fraction of sp³-hybridized carbons (Fsp3) is 0.583. The minimum atomic E-state index is 0.282. The molecule has 1 aromatic rings. The van der Waals surface area contributed by atoms with Crippen LogP contribution in [0.3, 0.4) is 0 Å². The van der Waals surface area contributed by atoms with Crippen LogP contribution in [0, 0.1) is 11.8 Å². The molecule has 15 heavy (non-hydrogen) atoms. The Kier molecular flexibility index (Phi) is 3.21. The van der Waals surface area contributed by atoms with Crippen LogP contribution in [-0.2, 0) is 0 Å². The predicted molar refractivity (Wildman–Crippen MR) is 60.8 cm³/mol. The Balaban J connectivity index is 2.06. The molecule has 2 heterocycles. The first-order valence-electron chi connectivity index (χ1n) is 5.58. The second-order valence-electron chi connectivity index (χ2n) is 4.34. The third kappa shape index (κ3) is 2.29. The van der Waals surface area contributed by atoms with Crippen LogP contribution in [-0.4, -0.2) is 29.8 Å². The third-order valence-corrected chi connectivity index (χ3v) is 3.32. The number of aromatic nitrogens is 1. The second-order valence-corrected chi connectivity index (χ2v) is 4.34. The van der Waals surface area contributed by atoms with Gasteiger partial charge < -0.3 is 10.0 Å². The maximum atomic E-state index is 9.28. The number of hydrogen-bond donors (Lipinski definition) is 1. The van der Waals surface area contributed by atoms with Gasteiger partial charge in [0, 0.05) is 31.8 Å². The minimum Gasteiger partial charge on any atom is -0.396 e. The van der Waals surface area contributed by atoms with Crippen molar-refractivity contribution in [3.63, 3.8) is 0 Å². The fourth-order valence-electron chi connectivity index (χ4n) is 2.14. The van der Waals surface area contributed by atoms with Gasteiger partial charge in [0.2, 0.25) is 0 Å². The van der Waals surface area contributed by atoms with Gasteiger partial charge in [-0.2, -0.15) is 0 Å². The number of anilines is 1. The highest BCUT2D eigenvalue weighted by atomic mass is 16.3. The van der Waals surface area contributed by atoms with E-state index in [0.717, 1.165) is 25.3 Å². The molecule has 0 aromatic carbocycles. The van der Waals surface area contributed by atoms with E-state index in [0.29, 0.717) is 11.8 Å². The van der Waals surface area contributed by atoms with Gasteiger partial charge in [0.05, 0.1) is 0 Å². The highest BCUT2D eigenvalue weighted by molar-refractivity contribution is 5.38. The zero-order chi connectivity index (χ0) is 10.7. The van der Waals surface area contributed by atoms with Crippen molar-refractivity contribution in [2.75, 3.05) is 24.6 Å². The van der Waals surface area contributed by atoms with Crippen LogP contribution in [0.25, 0.3) is 0 Å². The van der Waals surface area contributed by atoms with Gasteiger partial charge in [0.15, 0.2) is 0 Å². The summed E-state index contributed by atoms with van der Waals surface area (Å²) in [6.45, 7) is 4.48. The lowest BCUT2D eigenvalue weighted by molar-refractivity contribution is 0.166. The Bertz CT molecular complexity index is 302. The van der Waals surface area contributed by atoms with Gasteiger partial charge >= 0.3 is 0 Å². The molecule has 0 amide bonds. The monoisotopic (exact) mass is 206 g/mol. The van der Waals surface area contributed by atoms with E-state index in [1.807, 2.05) is 24.4 Å². The summed E-state index contributed by atoms with van der Waals surface area (Å²) in [6, 6.07) is 5.97. The third-order valence-electron chi connectivity index (χ3n) is 3.32. The lowest BCUT2D eigenvalue weighted by atomic mass is 9.88. The summed E-state index contributed by atoms with van der Waals surface area (Å²) < 4.78 is 0. The fourth-order valence-corrected chi connectivity index (χ4v) is 2.14. The van der Waals surface area contributed by atoms with Crippen molar-refractivity contribution in [3.05, 3.63) is 24.4 Å². The van der Waals surface area contributed by atoms with Gasteiger partial charge in [-0.25, -0.2) is 4.98 Å². The number of aliphatic hydroxyl groups is 1. The first-order chi connectivity index (χ1) is 7.31. The number of pyridine rings is 1. The Morgan fingerprint density at radius 1 is 1.53 bits per heavy atom. The highest BCUT2D eigenvalue weighted by Gasteiger charge is 2.25. The molecule has 3 heteroatoms. The molecule has 0 saturated carbocycles. The highest BCUT2D eigenvalue weighted by Crippen LogP contribution is 2.25. The molecule has 2 atom stereocenters. The molecule has 2 unspecified atom stereocenters. The SMILES string of the molecule is CC1CCN(c2ccccn2)CC1CO. The van der Waals surface area contributed by atoms with E-state index in [-0.39, 0.29) is 6.61 Å². The van der Waals surface area contributed by atoms with Crippen LogP contribution >= 0.6 is 0 Å². The van der Waals surface area contributed by atoms with Crippen molar-refractivity contribution >= 4 is 5.82 Å². The summed E-state index contributed by atoms with van der Waals surface area (Å²) in [6.07, 6.45) is 2.96. The van der Waals surface area contributed by atoms with E-state index in [4.69, 9.17) is 0 Å². The number of nitrogens with zero attached hydrogens (tertiary/aromatic N) is 2. The molecule has 0 radical (unpaired) electrons. The molecular weight excluding hydrogens is 188 g/mol. The van der Waals surface area contributed by atoms with Crippen molar-refractivity contribution in [1.82, 2.24) is 4.98 Å². The lowest BCUT2D eigenvalue weighted by Crippen LogP contribution is -2.41. The number of hydrogen-bond acceptors (Lipinski definition) is 3. The molecule has 3 nitrogen and oxygen atoms in total. The van der Waals surface area contributed by atoms with Gasteiger partial charge in [-0.15, -0.1) is 0 Å². The molecular formula is C12H18N2O. The van der Waals surface area contributed by atoms with Gasteiger partial charge in [0.25, 0.3) is 0 Å². The van der Waals surface area contributed by atoms with E-state index in [2.05, 4.69) is 16.8 Å². The van der Waals surface area contributed by atoms with Crippen LogP contribution in [0.4, 0.5) is 5.82 Å². The van der Waals surface area contributed by atoms with Crippen LogP contribution in [0.15, 0.2) is 24.4 Å². The van der Waals surface area contributed by atoms with Gasteiger partial charge in [0.1, 0.15) is 5.82 Å². The molecule has 1 saturated heterocycles. The predicted octanol–water partition coefficient (Wildman–Crippen LogP) is 1.54. The minimum absolute atomic E-state index is 0.282. The maximum absolute atomic E-state index is 9.28. The van der Waals surface area contributed by atoms with Crippen molar-refractivity contribution in [3.8, 4) is 0 Å². The van der Waals surface area contributed by atoms with Crippen LogP contribution in [0.5, 0.6) is 0 Å². The molecule has 1 aliphatic heterocycles. The van der Waals surface area contributed by atoms with Crippen molar-refractivity contribution in [2.24, 2.45) is 11.8 Å². The van der Waals surface area contributed by atoms with Crippen molar-refractivity contribution in [2.45, 2.75) is 13.3 Å². The number of aliphatic hydroxyl groups excluding tert-OH is 1. The summed E-state index contributed by atoms with van der Waals surface area (Å²) in [5, 5.41) is 9.28. The average molecular weight is 206 g/mol. The molecule has 0 aliphatic carbocycles.